The van der Waals surface area contributed by atoms with Crippen LogP contribution in [0.1, 0.15) is 58.2 Å². The van der Waals surface area contributed by atoms with E-state index in [0.29, 0.717) is 34.1 Å². The molecule has 2 aromatic heterocycles. The van der Waals surface area contributed by atoms with Gasteiger partial charge >= 0.3 is 0 Å². The number of anilines is 4. The Kier molecular flexibility index (Phi) is 11.9. The Balaban J connectivity index is 0.00000578. The Labute approximate surface area is 406 Å². The van der Waals surface area contributed by atoms with Gasteiger partial charge in [0.05, 0.1) is 5.56 Å². The molecule has 68 heavy (non-hydrogen) atoms. The fourth-order valence-electron chi connectivity index (χ4n) is 9.00. The predicted octanol–water partition coefficient (Wildman–Crippen LogP) is 15.9. The van der Waals surface area contributed by atoms with E-state index in [4.69, 9.17) is 9.72 Å². The summed E-state index contributed by atoms with van der Waals surface area (Å²) in [4.78, 5) is 8.44. The molecular formula is C57H44F5N4OPt-3. The number of hydrogen-bond donors (Lipinski definition) is 0. The van der Waals surface area contributed by atoms with E-state index in [-0.39, 0.29) is 37.7 Å². The summed E-state index contributed by atoms with van der Waals surface area (Å²) < 4.78 is 84.8. The molecule has 0 saturated carbocycles. The molecule has 0 saturated heterocycles. The van der Waals surface area contributed by atoms with Crippen LogP contribution in [0.4, 0.5) is 44.7 Å². The van der Waals surface area contributed by atoms with E-state index in [9.17, 15) is 13.2 Å². The van der Waals surface area contributed by atoms with Crippen molar-refractivity contribution in [2.75, 3.05) is 9.80 Å². The van der Waals surface area contributed by atoms with Gasteiger partial charge in [0.15, 0.2) is 23.3 Å². The van der Waals surface area contributed by atoms with Crippen molar-refractivity contribution in [3.8, 4) is 39.6 Å². The van der Waals surface area contributed by atoms with Gasteiger partial charge in [-0.2, -0.15) is 6.07 Å². The zero-order valence-electron chi connectivity index (χ0n) is 38.2. The molecule has 346 valence electrons. The number of ether oxygens (including phenoxy) is 1. The molecular weight excluding hydrogens is 1050 g/mol. The molecule has 1 aliphatic rings. The Morgan fingerprint density at radius 2 is 1.24 bits per heavy atom. The van der Waals surface area contributed by atoms with Gasteiger partial charge in [-0.05, 0) is 75.7 Å². The second kappa shape index (κ2) is 17.4. The zero-order valence-corrected chi connectivity index (χ0v) is 40.5. The van der Waals surface area contributed by atoms with E-state index >= 15 is 8.78 Å². The van der Waals surface area contributed by atoms with Crippen molar-refractivity contribution in [1.29, 1.82) is 0 Å². The van der Waals surface area contributed by atoms with Gasteiger partial charge in [-0.1, -0.05) is 120 Å². The molecule has 0 aliphatic carbocycles. The van der Waals surface area contributed by atoms with E-state index in [1.165, 1.54) is 6.07 Å². The quantitative estimate of drug-likeness (QED) is 0.0689. The van der Waals surface area contributed by atoms with Gasteiger partial charge in [-0.25, -0.2) is 26.9 Å². The molecule has 7 aromatic carbocycles. The summed E-state index contributed by atoms with van der Waals surface area (Å²) >= 11 is 0. The topological polar surface area (TPSA) is 33.5 Å². The van der Waals surface area contributed by atoms with Gasteiger partial charge in [-0.15, -0.1) is 53.6 Å². The molecule has 3 heterocycles. The standard InChI is InChI=1S/C57H44F5N4O.Pt/c1-33-15-8-9-16-39(33)34-27-36(30-38(28-34)67-37-23-24-41-40-17-10-11-20-44(40)66(47(41)31-37)48-29-35(25-26-63-48)56(2,3)4)64-32-65(46-22-13-12-21-45(46)64)55-42(18-14-19-43(55)57(5,6)7)49-50(58)52(60)54(62)53(61)51(49)59;/h8-29,32H,1-7H3;/q-3;. The first-order valence-corrected chi connectivity index (χ1v) is 21.9. The third-order valence-electron chi connectivity index (χ3n) is 12.4. The third-order valence-corrected chi connectivity index (χ3v) is 12.4. The molecule has 1 aliphatic heterocycles. The monoisotopic (exact) mass is 1090 g/mol. The summed E-state index contributed by atoms with van der Waals surface area (Å²) in [6.07, 6.45) is 1.83. The van der Waals surface area contributed by atoms with Gasteiger partial charge in [-0.3, -0.25) is 0 Å². The van der Waals surface area contributed by atoms with Crippen molar-refractivity contribution >= 4 is 44.6 Å². The number of halogens is 5. The minimum atomic E-state index is -2.22. The second-order valence-corrected chi connectivity index (χ2v) is 18.9. The van der Waals surface area contributed by atoms with E-state index in [1.54, 1.807) is 23.7 Å². The van der Waals surface area contributed by atoms with Crippen LogP contribution >= 0.6 is 0 Å². The van der Waals surface area contributed by atoms with Crippen LogP contribution in [0.15, 0.2) is 134 Å². The summed E-state index contributed by atoms with van der Waals surface area (Å²) in [5, 5.41) is 2.02. The average Bonchev–Trinajstić information content (AvgIpc) is 3.86. The van der Waals surface area contributed by atoms with Gasteiger partial charge in [0.2, 0.25) is 5.82 Å². The summed E-state index contributed by atoms with van der Waals surface area (Å²) in [6.45, 7) is 16.1. The first kappa shape index (κ1) is 46.3. The third kappa shape index (κ3) is 7.92. The number of nitrogens with zero attached hydrogens (tertiary/aromatic N) is 4. The molecule has 0 amide bonds. The summed E-state index contributed by atoms with van der Waals surface area (Å²) in [7, 11) is 0. The molecule has 5 nitrogen and oxygen atoms in total. The maximum atomic E-state index is 15.8. The molecule has 0 fully saturated rings. The SMILES string of the molecule is Cc1ccccc1-c1cc(Oc2[c-]c3c(cc2)c2ccccc2n3-c2cc(C(C)(C)C)ccn2)[c-]c(N2[CH-]N(c3c(-c4c(F)c(F)c(F)c(F)c4F)cccc3C(C)(C)C)c3ccccc32)c1.[Pt]. The Bertz CT molecular complexity index is 3420. The normalized spacial score (nSPS) is 12.8. The maximum Gasteiger partial charge on any atom is 0.200 e. The average molecular weight is 1090 g/mol. The van der Waals surface area contributed by atoms with E-state index in [0.717, 1.165) is 49.9 Å². The van der Waals surface area contributed by atoms with Crippen molar-refractivity contribution in [3.63, 3.8) is 0 Å². The molecule has 0 radical (unpaired) electrons. The summed E-state index contributed by atoms with van der Waals surface area (Å²) in [5.41, 5.74) is 6.41. The van der Waals surface area contributed by atoms with Crippen LogP contribution in [0, 0.1) is 54.8 Å². The Hall–Kier alpha value is -6.77. The van der Waals surface area contributed by atoms with E-state index < -0.39 is 40.1 Å². The number of hydrogen-bond acceptors (Lipinski definition) is 4. The molecule has 0 unspecified atom stereocenters. The maximum absolute atomic E-state index is 15.8. The van der Waals surface area contributed by atoms with Crippen LogP contribution in [-0.2, 0) is 31.9 Å². The molecule has 10 rings (SSSR count). The van der Waals surface area contributed by atoms with Crippen LogP contribution < -0.4 is 14.5 Å². The summed E-state index contributed by atoms with van der Waals surface area (Å²) in [5.74, 6) is -8.53. The van der Waals surface area contributed by atoms with Crippen LogP contribution in [0.2, 0.25) is 0 Å². The van der Waals surface area contributed by atoms with Crippen molar-refractivity contribution in [2.45, 2.75) is 59.3 Å². The van der Waals surface area contributed by atoms with Crippen LogP contribution in [0.3, 0.4) is 0 Å². The molecule has 11 heteroatoms. The Morgan fingerprint density at radius 1 is 0.588 bits per heavy atom. The largest absolute Gasteiger partial charge is 0.509 e. The van der Waals surface area contributed by atoms with Crippen molar-refractivity contribution in [2.24, 2.45) is 0 Å². The number of aryl methyl sites for hydroxylation is 1. The van der Waals surface area contributed by atoms with Crippen LogP contribution in [0.25, 0.3) is 49.9 Å². The Morgan fingerprint density at radius 3 is 1.94 bits per heavy atom. The first-order chi connectivity index (χ1) is 32.0. The number of rotatable bonds is 7. The smallest absolute Gasteiger partial charge is 0.200 e. The van der Waals surface area contributed by atoms with Crippen LogP contribution in [-0.4, -0.2) is 9.55 Å². The van der Waals surface area contributed by atoms with E-state index in [1.807, 2.05) is 130 Å². The number of para-hydroxylation sites is 4. The molecule has 0 atom stereocenters. The molecule has 0 spiro atoms. The second-order valence-electron chi connectivity index (χ2n) is 18.9. The van der Waals surface area contributed by atoms with Gasteiger partial charge < -0.3 is 19.1 Å². The fraction of sp³-hybridized carbons (Fsp3) is 0.158. The number of benzene rings is 7. The minimum absolute atomic E-state index is 0. The first-order valence-electron chi connectivity index (χ1n) is 21.9. The van der Waals surface area contributed by atoms with Crippen molar-refractivity contribution in [1.82, 2.24) is 9.55 Å². The van der Waals surface area contributed by atoms with Gasteiger partial charge in [0, 0.05) is 66.9 Å². The van der Waals surface area contributed by atoms with Crippen LogP contribution in [0.5, 0.6) is 11.5 Å². The molecule has 0 bridgehead atoms. The summed E-state index contributed by atoms with van der Waals surface area (Å²) in [6, 6.07) is 47.3. The zero-order chi connectivity index (χ0) is 47.1. The molecule has 9 aromatic rings. The van der Waals surface area contributed by atoms with Crippen molar-refractivity contribution in [3.05, 3.63) is 198 Å². The van der Waals surface area contributed by atoms with E-state index in [2.05, 4.69) is 55.7 Å². The van der Waals surface area contributed by atoms with Gasteiger partial charge in [0.1, 0.15) is 5.82 Å². The number of pyridine rings is 1. The van der Waals surface area contributed by atoms with Crippen molar-refractivity contribution < 1.29 is 47.8 Å². The number of aromatic nitrogens is 2. The van der Waals surface area contributed by atoms with Gasteiger partial charge in [0.25, 0.3) is 0 Å². The molecule has 0 N–H and O–H groups in total. The predicted molar refractivity (Wildman–Crippen MR) is 257 cm³/mol. The minimum Gasteiger partial charge on any atom is -0.509 e. The fourth-order valence-corrected chi connectivity index (χ4v) is 9.00. The number of fused-ring (bicyclic) bond motifs is 4.